The maximum Gasteiger partial charge on any atom is 0.187 e. The van der Waals surface area contributed by atoms with E-state index in [-0.39, 0.29) is 26.4 Å². The van der Waals surface area contributed by atoms with Crippen molar-refractivity contribution >= 4 is 0 Å². The SMILES string of the molecule is COCC1O[C@H](O[C@H]2C(COC)O[C@H](O[C@H]3C(COC)O[C@H](O[C@H]4C(COC)O[C@@H](O)C(OC)[C@@H]4OC)C(OC)[C@@H]3OC)C(OC)[C@@H]2OC)C(OC)[C@H](OC)[C@H]1O. The van der Waals surface area contributed by atoms with Gasteiger partial charge in [0.15, 0.2) is 25.2 Å². The summed E-state index contributed by atoms with van der Waals surface area (Å²) in [5.74, 6) is 0. The second kappa shape index (κ2) is 24.0. The van der Waals surface area contributed by atoms with Gasteiger partial charge in [-0.1, -0.05) is 0 Å². The Bertz CT molecular complexity index is 1110. The second-order valence-electron chi connectivity index (χ2n) is 13.9. The summed E-state index contributed by atoms with van der Waals surface area (Å²) in [6, 6.07) is 0. The third-order valence-electron chi connectivity index (χ3n) is 10.8. The van der Waals surface area contributed by atoms with Crippen LogP contribution in [0.1, 0.15) is 0 Å². The molecule has 4 saturated heterocycles. The molecule has 4 fully saturated rings. The number of aliphatic hydroxyl groups is 2. The zero-order valence-electron chi connectivity index (χ0n) is 35.0. The van der Waals surface area contributed by atoms with E-state index in [1.165, 1.54) is 85.3 Å². The van der Waals surface area contributed by atoms with E-state index in [9.17, 15) is 10.2 Å². The molecule has 4 heterocycles. The molecule has 4 aliphatic heterocycles. The summed E-state index contributed by atoms with van der Waals surface area (Å²) < 4.78 is 114. The molecule has 20 atom stereocenters. The number of hydrogen-bond donors (Lipinski definition) is 2. The van der Waals surface area contributed by atoms with Gasteiger partial charge in [0.05, 0.1) is 26.4 Å². The smallest absolute Gasteiger partial charge is 0.187 e. The van der Waals surface area contributed by atoms with Gasteiger partial charge >= 0.3 is 0 Å². The fourth-order valence-electron chi connectivity index (χ4n) is 8.10. The first kappa shape index (κ1) is 48.8. The summed E-state index contributed by atoms with van der Waals surface area (Å²) in [6.45, 7) is 0.211. The van der Waals surface area contributed by atoms with Crippen LogP contribution in [-0.2, 0) is 90.0 Å². The Morgan fingerprint density at radius 1 is 0.316 bits per heavy atom. The standard InChI is InChI=1S/C36H66O21/c1-39-13-17-21(37)25(43-5)30(48-10)34(52-17)56-23-19(15-41-3)54-36(32(50-12)27(23)45-7)57-24-20(16-42-4)53-35(31(49-11)28(24)46-8)55-22-18(14-40-2)51-33(38)29(47-9)26(22)44-6/h17-38H,13-16H2,1-12H3/t17?,18?,19?,20?,21-,22-,23-,24-,25+,26+,27+,28+,29?,30?,31?,32?,33+,34+,35+,36+/m0/s1. The fraction of sp³-hybridized carbons (Fsp3) is 1.00. The monoisotopic (exact) mass is 834 g/mol. The molecule has 57 heavy (non-hydrogen) atoms. The van der Waals surface area contributed by atoms with E-state index in [0.717, 1.165) is 0 Å². The molecular formula is C36H66O21. The minimum atomic E-state index is -1.30. The molecule has 0 aliphatic carbocycles. The van der Waals surface area contributed by atoms with Crippen LogP contribution in [0, 0.1) is 0 Å². The van der Waals surface area contributed by atoms with Crippen LogP contribution in [0.15, 0.2) is 0 Å². The molecule has 21 nitrogen and oxygen atoms in total. The molecule has 2 N–H and O–H groups in total. The maximum absolute atomic E-state index is 11.0. The van der Waals surface area contributed by atoms with Gasteiger partial charge in [0.1, 0.15) is 97.7 Å². The molecule has 21 heteroatoms. The molecule has 8 unspecified atom stereocenters. The molecule has 0 aromatic carbocycles. The van der Waals surface area contributed by atoms with Crippen LogP contribution in [0.3, 0.4) is 0 Å². The number of ether oxygens (including phenoxy) is 19. The average Bonchev–Trinajstić information content (AvgIpc) is 3.20. The van der Waals surface area contributed by atoms with Gasteiger partial charge in [0.2, 0.25) is 0 Å². The van der Waals surface area contributed by atoms with Gasteiger partial charge < -0.3 is 100 Å². The van der Waals surface area contributed by atoms with Crippen molar-refractivity contribution < 1.29 is 100 Å². The number of methoxy groups -OCH3 is 12. The molecule has 0 bridgehead atoms. The van der Waals surface area contributed by atoms with E-state index in [4.69, 9.17) is 90.0 Å². The summed E-state index contributed by atoms with van der Waals surface area (Å²) in [6.07, 6.45) is -18.2. The van der Waals surface area contributed by atoms with Gasteiger partial charge in [0, 0.05) is 85.3 Å². The minimum absolute atomic E-state index is 0.0362. The Labute approximate surface area is 334 Å². The lowest BCUT2D eigenvalue weighted by molar-refractivity contribution is -0.394. The normalized spacial score (nSPS) is 44.3. The van der Waals surface area contributed by atoms with E-state index in [2.05, 4.69) is 0 Å². The van der Waals surface area contributed by atoms with E-state index in [1.54, 1.807) is 0 Å². The molecule has 0 amide bonds. The van der Waals surface area contributed by atoms with E-state index in [0.29, 0.717) is 0 Å². The second-order valence-corrected chi connectivity index (χ2v) is 13.9. The molecule has 0 radical (unpaired) electrons. The van der Waals surface area contributed by atoms with Crippen LogP contribution in [0.4, 0.5) is 0 Å². The Balaban J connectivity index is 1.62. The minimum Gasteiger partial charge on any atom is -0.387 e. The first-order valence-corrected chi connectivity index (χ1v) is 18.7. The Hall–Kier alpha value is -0.840. The molecule has 0 aromatic heterocycles. The van der Waals surface area contributed by atoms with Crippen molar-refractivity contribution in [1.29, 1.82) is 0 Å². The highest BCUT2D eigenvalue weighted by atomic mass is 16.8. The summed E-state index contributed by atoms with van der Waals surface area (Å²) in [5.41, 5.74) is 0. The van der Waals surface area contributed by atoms with Crippen LogP contribution in [0.25, 0.3) is 0 Å². The Kier molecular flexibility index (Phi) is 20.5. The lowest BCUT2D eigenvalue weighted by Gasteiger charge is -2.51. The van der Waals surface area contributed by atoms with Crippen molar-refractivity contribution in [3.63, 3.8) is 0 Å². The average molecular weight is 835 g/mol. The number of hydrogen-bond acceptors (Lipinski definition) is 21. The summed E-state index contributed by atoms with van der Waals surface area (Å²) in [5, 5.41) is 21.6. The molecule has 4 aliphatic rings. The molecule has 0 saturated carbocycles. The molecule has 4 rings (SSSR count). The van der Waals surface area contributed by atoms with Crippen LogP contribution in [0.2, 0.25) is 0 Å². The summed E-state index contributed by atoms with van der Waals surface area (Å²) in [7, 11) is 17.9. The zero-order chi connectivity index (χ0) is 41.8. The van der Waals surface area contributed by atoms with Crippen LogP contribution >= 0.6 is 0 Å². The third kappa shape index (κ3) is 11.0. The number of rotatable bonds is 22. The molecular weight excluding hydrogens is 768 g/mol. The third-order valence-corrected chi connectivity index (χ3v) is 10.8. The van der Waals surface area contributed by atoms with Gasteiger partial charge in [-0.2, -0.15) is 0 Å². The lowest BCUT2D eigenvalue weighted by atomic mass is 9.95. The van der Waals surface area contributed by atoms with Gasteiger partial charge in [-0.3, -0.25) is 0 Å². The Morgan fingerprint density at radius 2 is 0.596 bits per heavy atom. The highest BCUT2D eigenvalue weighted by Gasteiger charge is 2.57. The van der Waals surface area contributed by atoms with E-state index in [1.807, 2.05) is 0 Å². The fourth-order valence-corrected chi connectivity index (χ4v) is 8.10. The van der Waals surface area contributed by atoms with Crippen molar-refractivity contribution in [3.05, 3.63) is 0 Å². The van der Waals surface area contributed by atoms with Crippen molar-refractivity contribution in [2.24, 2.45) is 0 Å². The Morgan fingerprint density at radius 3 is 0.930 bits per heavy atom. The van der Waals surface area contributed by atoms with Gasteiger partial charge in [0.25, 0.3) is 0 Å². The first-order valence-electron chi connectivity index (χ1n) is 18.7. The topological polar surface area (TPSA) is 216 Å². The predicted molar refractivity (Wildman–Crippen MR) is 191 cm³/mol. The lowest BCUT2D eigenvalue weighted by Crippen LogP contribution is -2.68. The van der Waals surface area contributed by atoms with Gasteiger partial charge in [-0.05, 0) is 0 Å². The quantitative estimate of drug-likeness (QED) is 0.122. The summed E-state index contributed by atoms with van der Waals surface area (Å²) in [4.78, 5) is 0. The van der Waals surface area contributed by atoms with Crippen molar-refractivity contribution in [1.82, 2.24) is 0 Å². The molecule has 0 spiro atoms. The maximum atomic E-state index is 11.0. The highest BCUT2D eigenvalue weighted by Crippen LogP contribution is 2.38. The van der Waals surface area contributed by atoms with E-state index < -0.39 is 123 Å². The van der Waals surface area contributed by atoms with Crippen LogP contribution in [0.5, 0.6) is 0 Å². The highest BCUT2D eigenvalue weighted by molar-refractivity contribution is 5.00. The van der Waals surface area contributed by atoms with Crippen LogP contribution in [-0.4, -0.2) is 245 Å². The zero-order valence-corrected chi connectivity index (χ0v) is 35.0. The van der Waals surface area contributed by atoms with Crippen molar-refractivity contribution in [2.75, 3.05) is 112 Å². The predicted octanol–water partition coefficient (Wildman–Crippen LogP) is -1.90. The number of aliphatic hydroxyl groups excluding tert-OH is 2. The van der Waals surface area contributed by atoms with Gasteiger partial charge in [-0.25, -0.2) is 0 Å². The summed E-state index contributed by atoms with van der Waals surface area (Å²) >= 11 is 0. The van der Waals surface area contributed by atoms with Crippen molar-refractivity contribution in [2.45, 2.75) is 123 Å². The molecule has 336 valence electrons. The molecule has 0 aromatic rings. The largest absolute Gasteiger partial charge is 0.387 e. The van der Waals surface area contributed by atoms with Gasteiger partial charge in [-0.15, -0.1) is 0 Å². The van der Waals surface area contributed by atoms with Crippen molar-refractivity contribution in [3.8, 4) is 0 Å². The first-order chi connectivity index (χ1) is 27.6. The van der Waals surface area contributed by atoms with E-state index >= 15 is 0 Å². The van der Waals surface area contributed by atoms with Crippen LogP contribution < -0.4 is 0 Å².